The van der Waals surface area contributed by atoms with Gasteiger partial charge in [0.2, 0.25) is 11.8 Å². The average molecular weight is 384 g/mol. The molecule has 134 valence electrons. The number of nitrogens with zero attached hydrogens (tertiary/aromatic N) is 2. The van der Waals surface area contributed by atoms with Crippen molar-refractivity contribution in [3.63, 3.8) is 0 Å². The highest BCUT2D eigenvalue weighted by Gasteiger charge is 2.29. The molecular weight excluding hydrogens is 366 g/mol. The summed E-state index contributed by atoms with van der Waals surface area (Å²) >= 11 is 1.40. The predicted molar refractivity (Wildman–Crippen MR) is 97.0 cm³/mol. The largest absolute Gasteiger partial charge is 0.497 e. The van der Waals surface area contributed by atoms with Gasteiger partial charge in [0.05, 0.1) is 32.1 Å². The summed E-state index contributed by atoms with van der Waals surface area (Å²) in [6, 6.07) is 5.44. The van der Waals surface area contributed by atoms with Crippen LogP contribution in [0, 0.1) is 0 Å². The Bertz CT molecular complexity index is 764. The Morgan fingerprint density at radius 3 is 2.56 bits per heavy atom. The molecule has 1 aliphatic rings. The molecule has 3 rings (SSSR count). The number of anilines is 2. The third-order valence-electron chi connectivity index (χ3n) is 3.68. The van der Waals surface area contributed by atoms with Crippen LogP contribution in [0.25, 0.3) is 0 Å². The zero-order valence-corrected chi connectivity index (χ0v) is 15.4. The van der Waals surface area contributed by atoms with Gasteiger partial charge in [0.15, 0.2) is 5.13 Å². The second kappa shape index (κ2) is 8.17. The first-order chi connectivity index (χ1) is 11.6. The number of hydrogen-bond acceptors (Lipinski definition) is 7. The highest BCUT2D eigenvalue weighted by atomic mass is 35.5. The number of halogens is 1. The standard InChI is InChI=1S/C16H17N3O4S.ClH/c1-22-11-3-4-12(13(7-11)23-2)18-16-17-10(9-24-16)8-19-14(20)5-6-15(19)21;/h3-4,7,9H,5-6,8H2,1-2H3,(H,17,18);1H. The summed E-state index contributed by atoms with van der Waals surface area (Å²) in [7, 11) is 3.17. The van der Waals surface area contributed by atoms with Crippen LogP contribution in [-0.2, 0) is 16.1 Å². The van der Waals surface area contributed by atoms with Gasteiger partial charge < -0.3 is 14.8 Å². The molecule has 7 nitrogen and oxygen atoms in total. The van der Waals surface area contributed by atoms with Crippen LogP contribution in [0.1, 0.15) is 18.5 Å². The zero-order valence-electron chi connectivity index (χ0n) is 13.8. The number of amides is 2. The van der Waals surface area contributed by atoms with Gasteiger partial charge in [0.25, 0.3) is 0 Å². The Balaban J connectivity index is 0.00000225. The molecule has 0 bridgehead atoms. The van der Waals surface area contributed by atoms with Gasteiger partial charge in [-0.1, -0.05) is 0 Å². The number of benzene rings is 1. The molecule has 9 heteroatoms. The van der Waals surface area contributed by atoms with E-state index < -0.39 is 0 Å². The number of rotatable bonds is 6. The van der Waals surface area contributed by atoms with Gasteiger partial charge in [0, 0.05) is 24.3 Å². The molecule has 1 aliphatic heterocycles. The molecule has 0 radical (unpaired) electrons. The summed E-state index contributed by atoms with van der Waals surface area (Å²) in [6.45, 7) is 0.218. The Labute approximate surface area is 155 Å². The van der Waals surface area contributed by atoms with E-state index in [4.69, 9.17) is 9.47 Å². The van der Waals surface area contributed by atoms with Crippen LogP contribution in [0.2, 0.25) is 0 Å². The van der Waals surface area contributed by atoms with Gasteiger partial charge >= 0.3 is 0 Å². The van der Waals surface area contributed by atoms with Crippen LogP contribution in [0.3, 0.4) is 0 Å². The second-order valence-corrected chi connectivity index (χ2v) is 6.07. The molecule has 0 spiro atoms. The monoisotopic (exact) mass is 383 g/mol. The van der Waals surface area contributed by atoms with Gasteiger partial charge in [-0.15, -0.1) is 23.7 Å². The number of aromatic nitrogens is 1. The maximum atomic E-state index is 11.7. The van der Waals surface area contributed by atoms with Gasteiger partial charge in [-0.2, -0.15) is 0 Å². The maximum absolute atomic E-state index is 11.7. The van der Waals surface area contributed by atoms with Crippen molar-refractivity contribution in [3.05, 3.63) is 29.3 Å². The third-order valence-corrected chi connectivity index (χ3v) is 4.48. The van der Waals surface area contributed by atoms with Crippen LogP contribution in [0.15, 0.2) is 23.6 Å². The van der Waals surface area contributed by atoms with Crippen LogP contribution < -0.4 is 14.8 Å². The lowest BCUT2D eigenvalue weighted by atomic mass is 10.3. The number of carbonyl (C=O) groups excluding carboxylic acids is 2. The summed E-state index contributed by atoms with van der Waals surface area (Å²) in [5, 5.41) is 5.67. The van der Waals surface area contributed by atoms with Crippen molar-refractivity contribution in [2.24, 2.45) is 0 Å². The van der Waals surface area contributed by atoms with Crippen molar-refractivity contribution in [2.45, 2.75) is 19.4 Å². The molecule has 2 aromatic rings. The van der Waals surface area contributed by atoms with Crippen molar-refractivity contribution >= 4 is 46.4 Å². The first kappa shape index (κ1) is 19.0. The van der Waals surface area contributed by atoms with E-state index in [2.05, 4.69) is 10.3 Å². The van der Waals surface area contributed by atoms with Crippen LogP contribution in [0.4, 0.5) is 10.8 Å². The number of nitrogens with one attached hydrogen (secondary N) is 1. The van der Waals surface area contributed by atoms with E-state index in [1.807, 2.05) is 17.5 Å². The van der Waals surface area contributed by atoms with E-state index in [1.54, 1.807) is 20.3 Å². The lowest BCUT2D eigenvalue weighted by molar-refractivity contribution is -0.139. The minimum absolute atomic E-state index is 0. The molecule has 2 heterocycles. The first-order valence-electron chi connectivity index (χ1n) is 7.37. The summed E-state index contributed by atoms with van der Waals surface area (Å²) in [5.74, 6) is 1.05. The molecule has 1 fully saturated rings. The molecule has 0 unspecified atom stereocenters. The topological polar surface area (TPSA) is 80.8 Å². The Morgan fingerprint density at radius 1 is 1.20 bits per heavy atom. The smallest absolute Gasteiger partial charge is 0.230 e. The number of imide groups is 1. The number of ether oxygens (including phenoxy) is 2. The minimum Gasteiger partial charge on any atom is -0.497 e. The number of hydrogen-bond donors (Lipinski definition) is 1. The molecule has 1 N–H and O–H groups in total. The fourth-order valence-electron chi connectivity index (χ4n) is 2.42. The van der Waals surface area contributed by atoms with Crippen molar-refractivity contribution in [1.82, 2.24) is 9.88 Å². The fourth-order valence-corrected chi connectivity index (χ4v) is 3.13. The van der Waals surface area contributed by atoms with E-state index in [0.717, 1.165) is 5.69 Å². The van der Waals surface area contributed by atoms with Crippen molar-refractivity contribution in [3.8, 4) is 11.5 Å². The van der Waals surface area contributed by atoms with Crippen molar-refractivity contribution in [2.75, 3.05) is 19.5 Å². The molecular formula is C16H18ClN3O4S. The molecule has 1 saturated heterocycles. The zero-order chi connectivity index (χ0) is 17.1. The second-order valence-electron chi connectivity index (χ2n) is 5.21. The van der Waals surface area contributed by atoms with Crippen molar-refractivity contribution in [1.29, 1.82) is 0 Å². The van der Waals surface area contributed by atoms with E-state index >= 15 is 0 Å². The molecule has 0 aliphatic carbocycles. The lowest BCUT2D eigenvalue weighted by Crippen LogP contribution is -2.28. The SMILES string of the molecule is COc1ccc(Nc2nc(CN3C(=O)CCC3=O)cs2)c(OC)c1.Cl. The Kier molecular flexibility index (Phi) is 6.22. The quantitative estimate of drug-likeness (QED) is 0.772. The lowest BCUT2D eigenvalue weighted by Gasteiger charge is -2.12. The van der Waals surface area contributed by atoms with E-state index in [-0.39, 0.29) is 43.6 Å². The summed E-state index contributed by atoms with van der Waals surface area (Å²) in [6.07, 6.45) is 0.578. The van der Waals surface area contributed by atoms with Gasteiger partial charge in [-0.25, -0.2) is 4.98 Å². The van der Waals surface area contributed by atoms with Gasteiger partial charge in [0.1, 0.15) is 11.5 Å². The predicted octanol–water partition coefficient (Wildman–Crippen LogP) is 2.97. The molecule has 1 aromatic heterocycles. The normalized spacial score (nSPS) is 13.6. The van der Waals surface area contributed by atoms with E-state index in [0.29, 0.717) is 22.3 Å². The molecule has 0 saturated carbocycles. The number of thiazole rings is 1. The molecule has 1 aromatic carbocycles. The highest BCUT2D eigenvalue weighted by molar-refractivity contribution is 7.13. The third kappa shape index (κ3) is 4.21. The average Bonchev–Trinajstić information content (AvgIpc) is 3.16. The molecule has 2 amide bonds. The molecule has 0 atom stereocenters. The van der Waals surface area contributed by atoms with Crippen LogP contribution >= 0.6 is 23.7 Å². The first-order valence-corrected chi connectivity index (χ1v) is 8.25. The van der Waals surface area contributed by atoms with E-state index in [1.165, 1.54) is 16.2 Å². The number of likely N-dealkylation sites (tertiary alicyclic amines) is 1. The van der Waals surface area contributed by atoms with E-state index in [9.17, 15) is 9.59 Å². The molecule has 25 heavy (non-hydrogen) atoms. The fraction of sp³-hybridized carbons (Fsp3) is 0.312. The highest BCUT2D eigenvalue weighted by Crippen LogP contribution is 2.32. The summed E-state index contributed by atoms with van der Waals surface area (Å²) < 4.78 is 10.5. The Hall–Kier alpha value is -2.32. The van der Waals surface area contributed by atoms with Crippen LogP contribution in [-0.4, -0.2) is 35.9 Å². The summed E-state index contributed by atoms with van der Waals surface area (Å²) in [5.41, 5.74) is 1.44. The van der Waals surface area contributed by atoms with Gasteiger partial charge in [-0.3, -0.25) is 14.5 Å². The Morgan fingerprint density at radius 2 is 1.92 bits per heavy atom. The maximum Gasteiger partial charge on any atom is 0.230 e. The minimum atomic E-state index is -0.140. The summed E-state index contributed by atoms with van der Waals surface area (Å²) in [4.78, 5) is 29.0. The number of carbonyl (C=O) groups is 2. The van der Waals surface area contributed by atoms with Crippen molar-refractivity contribution < 1.29 is 19.1 Å². The van der Waals surface area contributed by atoms with Crippen LogP contribution in [0.5, 0.6) is 11.5 Å². The number of methoxy groups -OCH3 is 2. The van der Waals surface area contributed by atoms with Gasteiger partial charge in [-0.05, 0) is 12.1 Å².